The number of aromatic hydroxyl groups is 1. The molecule has 3 aromatic rings. The minimum Gasteiger partial charge on any atom is -0.506 e. The molecule has 0 saturated heterocycles. The number of aromatic nitrogens is 5. The van der Waals surface area contributed by atoms with Crippen molar-refractivity contribution >= 4 is 0 Å². The van der Waals surface area contributed by atoms with Crippen molar-refractivity contribution in [2.24, 2.45) is 0 Å². The van der Waals surface area contributed by atoms with E-state index in [0.717, 1.165) is 5.82 Å². The van der Waals surface area contributed by atoms with Gasteiger partial charge in [-0.3, -0.25) is 4.98 Å². The molecule has 0 atom stereocenters. The predicted molar refractivity (Wildman–Crippen MR) is 65.2 cm³/mol. The molecule has 96 valence electrons. The molecule has 19 heavy (non-hydrogen) atoms. The molecule has 0 spiro atoms. The molecule has 0 unspecified atom stereocenters. The maximum absolute atomic E-state index is 9.65. The molecule has 0 fully saturated rings. The summed E-state index contributed by atoms with van der Waals surface area (Å²) in [6.07, 6.45) is 7.65. The molecule has 2 N–H and O–H groups in total. The molecule has 0 aromatic carbocycles. The highest BCUT2D eigenvalue weighted by molar-refractivity contribution is 5.61. The molecule has 0 amide bonds. The van der Waals surface area contributed by atoms with Gasteiger partial charge < -0.3 is 14.6 Å². The fraction of sp³-hybridized carbons (Fsp3) is 0.167. The van der Waals surface area contributed by atoms with Crippen LogP contribution in [-0.2, 0) is 12.8 Å². The third kappa shape index (κ3) is 2.44. The minimum atomic E-state index is 0.0286. The minimum absolute atomic E-state index is 0.0286. The standard InChI is InChI=1S/C12H11N5O2/c18-9-7-13-4-3-8(9)12-16-11(19-17-12)2-1-10-14-5-6-15-10/h3-7,18H,1-2H2,(H,14,15). The monoisotopic (exact) mass is 257 g/mol. The summed E-state index contributed by atoms with van der Waals surface area (Å²) >= 11 is 0. The van der Waals surface area contributed by atoms with Crippen LogP contribution in [0.25, 0.3) is 11.4 Å². The quantitative estimate of drug-likeness (QED) is 0.731. The number of nitrogens with one attached hydrogen (secondary N) is 1. The van der Waals surface area contributed by atoms with Gasteiger partial charge in [0, 0.05) is 31.4 Å². The van der Waals surface area contributed by atoms with Crippen LogP contribution >= 0.6 is 0 Å². The average molecular weight is 257 g/mol. The normalized spacial score (nSPS) is 10.7. The van der Waals surface area contributed by atoms with Gasteiger partial charge in [-0.25, -0.2) is 4.98 Å². The van der Waals surface area contributed by atoms with E-state index in [0.29, 0.717) is 30.1 Å². The third-order valence-electron chi connectivity index (χ3n) is 2.64. The Balaban J connectivity index is 1.75. The van der Waals surface area contributed by atoms with Gasteiger partial charge in [-0.2, -0.15) is 4.98 Å². The maximum Gasteiger partial charge on any atom is 0.227 e. The van der Waals surface area contributed by atoms with Crippen molar-refractivity contribution in [1.29, 1.82) is 0 Å². The van der Waals surface area contributed by atoms with E-state index in [2.05, 4.69) is 25.1 Å². The van der Waals surface area contributed by atoms with Crippen LogP contribution in [0.15, 0.2) is 35.4 Å². The second-order valence-corrected chi connectivity index (χ2v) is 3.94. The van der Waals surface area contributed by atoms with Gasteiger partial charge in [-0.05, 0) is 6.07 Å². The highest BCUT2D eigenvalue weighted by atomic mass is 16.5. The van der Waals surface area contributed by atoms with Crippen molar-refractivity contribution in [3.63, 3.8) is 0 Å². The van der Waals surface area contributed by atoms with Crippen LogP contribution < -0.4 is 0 Å². The van der Waals surface area contributed by atoms with Crippen LogP contribution in [-0.4, -0.2) is 30.2 Å². The topological polar surface area (TPSA) is 101 Å². The molecule has 7 nitrogen and oxygen atoms in total. The van der Waals surface area contributed by atoms with Crippen LogP contribution in [0.3, 0.4) is 0 Å². The molecule has 3 aromatic heterocycles. The molecule has 0 bridgehead atoms. The molecule has 0 aliphatic rings. The first-order valence-electron chi connectivity index (χ1n) is 5.77. The maximum atomic E-state index is 9.65. The molecule has 7 heteroatoms. The van der Waals surface area contributed by atoms with E-state index < -0.39 is 0 Å². The summed E-state index contributed by atoms with van der Waals surface area (Å²) in [4.78, 5) is 15.2. The first-order chi connectivity index (χ1) is 9.33. The Labute approximate surface area is 108 Å². The van der Waals surface area contributed by atoms with Gasteiger partial charge in [0.1, 0.15) is 11.6 Å². The zero-order chi connectivity index (χ0) is 13.1. The Morgan fingerprint density at radius 3 is 3.00 bits per heavy atom. The van der Waals surface area contributed by atoms with Gasteiger partial charge in [0.05, 0.1) is 11.8 Å². The van der Waals surface area contributed by atoms with Crippen molar-refractivity contribution in [3.8, 4) is 17.1 Å². The van der Waals surface area contributed by atoms with E-state index in [-0.39, 0.29) is 5.75 Å². The van der Waals surface area contributed by atoms with Crippen molar-refractivity contribution in [1.82, 2.24) is 25.1 Å². The van der Waals surface area contributed by atoms with Crippen LogP contribution in [0.2, 0.25) is 0 Å². The Bertz CT molecular complexity index is 662. The number of aryl methyl sites for hydroxylation is 2. The fourth-order valence-electron chi connectivity index (χ4n) is 1.70. The first-order valence-corrected chi connectivity index (χ1v) is 5.77. The van der Waals surface area contributed by atoms with Gasteiger partial charge in [-0.15, -0.1) is 0 Å². The van der Waals surface area contributed by atoms with Crippen molar-refractivity contribution in [2.45, 2.75) is 12.8 Å². The Kier molecular flexibility index (Phi) is 2.93. The molecule has 0 aliphatic carbocycles. The highest BCUT2D eigenvalue weighted by Gasteiger charge is 2.12. The van der Waals surface area contributed by atoms with Crippen molar-refractivity contribution < 1.29 is 9.63 Å². The van der Waals surface area contributed by atoms with Crippen LogP contribution in [0.4, 0.5) is 0 Å². The number of hydrogen-bond acceptors (Lipinski definition) is 6. The smallest absolute Gasteiger partial charge is 0.227 e. The second kappa shape index (κ2) is 4.89. The Hall–Kier alpha value is -2.70. The van der Waals surface area contributed by atoms with Gasteiger partial charge in [0.25, 0.3) is 0 Å². The lowest BCUT2D eigenvalue weighted by molar-refractivity contribution is 0.378. The van der Waals surface area contributed by atoms with Gasteiger partial charge in [0.2, 0.25) is 11.7 Å². The number of rotatable bonds is 4. The summed E-state index contributed by atoms with van der Waals surface area (Å²) in [5, 5.41) is 13.5. The van der Waals surface area contributed by atoms with Crippen LogP contribution in [0.5, 0.6) is 5.75 Å². The summed E-state index contributed by atoms with van der Waals surface area (Å²) in [6.45, 7) is 0. The lowest BCUT2D eigenvalue weighted by atomic mass is 10.2. The summed E-state index contributed by atoms with van der Waals surface area (Å²) in [7, 11) is 0. The van der Waals surface area contributed by atoms with E-state index in [1.807, 2.05) is 0 Å². The molecular weight excluding hydrogens is 246 g/mol. The second-order valence-electron chi connectivity index (χ2n) is 3.94. The SMILES string of the molecule is Oc1cnccc1-c1noc(CCc2ncc[nH]2)n1. The largest absolute Gasteiger partial charge is 0.506 e. The summed E-state index contributed by atoms with van der Waals surface area (Å²) < 4.78 is 5.14. The Morgan fingerprint density at radius 1 is 1.26 bits per heavy atom. The molecule has 0 aliphatic heterocycles. The summed E-state index contributed by atoms with van der Waals surface area (Å²) in [5.74, 6) is 1.75. The van der Waals surface area contributed by atoms with Crippen LogP contribution in [0.1, 0.15) is 11.7 Å². The summed E-state index contributed by atoms with van der Waals surface area (Å²) in [6, 6.07) is 1.64. The van der Waals surface area contributed by atoms with E-state index in [4.69, 9.17) is 4.52 Å². The lowest BCUT2D eigenvalue weighted by Crippen LogP contribution is -1.93. The zero-order valence-corrected chi connectivity index (χ0v) is 9.95. The zero-order valence-electron chi connectivity index (χ0n) is 9.95. The highest BCUT2D eigenvalue weighted by Crippen LogP contribution is 2.24. The summed E-state index contributed by atoms with van der Waals surface area (Å²) in [5.41, 5.74) is 0.503. The first kappa shape index (κ1) is 11.4. The van der Waals surface area contributed by atoms with E-state index in [1.165, 1.54) is 6.20 Å². The van der Waals surface area contributed by atoms with E-state index in [9.17, 15) is 5.11 Å². The number of aromatic amines is 1. The third-order valence-corrected chi connectivity index (χ3v) is 2.64. The number of imidazole rings is 1. The van der Waals surface area contributed by atoms with E-state index >= 15 is 0 Å². The number of nitrogens with zero attached hydrogens (tertiary/aromatic N) is 4. The van der Waals surface area contributed by atoms with E-state index in [1.54, 1.807) is 24.7 Å². The number of hydrogen-bond donors (Lipinski definition) is 2. The number of H-pyrrole nitrogens is 1. The number of pyridine rings is 1. The van der Waals surface area contributed by atoms with Crippen molar-refractivity contribution in [2.75, 3.05) is 0 Å². The molecule has 0 radical (unpaired) electrons. The predicted octanol–water partition coefficient (Wildman–Crippen LogP) is 1.35. The van der Waals surface area contributed by atoms with Crippen LogP contribution in [0, 0.1) is 0 Å². The molecule has 3 rings (SSSR count). The Morgan fingerprint density at radius 2 is 2.21 bits per heavy atom. The average Bonchev–Trinajstić information content (AvgIpc) is 3.08. The van der Waals surface area contributed by atoms with Gasteiger partial charge >= 0.3 is 0 Å². The van der Waals surface area contributed by atoms with Gasteiger partial charge in [-0.1, -0.05) is 5.16 Å². The molecular formula is C12H11N5O2. The van der Waals surface area contributed by atoms with Crippen molar-refractivity contribution in [3.05, 3.63) is 42.6 Å². The fourth-order valence-corrected chi connectivity index (χ4v) is 1.70. The van der Waals surface area contributed by atoms with Gasteiger partial charge in [0.15, 0.2) is 0 Å². The lowest BCUT2D eigenvalue weighted by Gasteiger charge is -1.96. The molecule has 0 saturated carbocycles. The molecule has 3 heterocycles.